The van der Waals surface area contributed by atoms with Crippen LogP contribution in [0.5, 0.6) is 0 Å². The quantitative estimate of drug-likeness (QED) is 0.184. The summed E-state index contributed by atoms with van der Waals surface area (Å²) in [5.74, 6) is 3.46. The third kappa shape index (κ3) is 6.09. The molecule has 2 saturated carbocycles. The summed E-state index contributed by atoms with van der Waals surface area (Å²) >= 11 is 0. The molecule has 2 aliphatic rings. The Balaban J connectivity index is 1.27. The van der Waals surface area contributed by atoms with Crippen molar-refractivity contribution in [1.82, 2.24) is 0 Å². The van der Waals surface area contributed by atoms with Crippen molar-refractivity contribution < 1.29 is 0 Å². The van der Waals surface area contributed by atoms with Gasteiger partial charge in [-0.25, -0.2) is 0 Å². The Bertz CT molecular complexity index is 1200. The predicted octanol–water partition coefficient (Wildman–Crippen LogP) is 8.47. The summed E-state index contributed by atoms with van der Waals surface area (Å²) in [5.41, 5.74) is 0.711. The zero-order chi connectivity index (χ0) is 26.4. The van der Waals surface area contributed by atoms with Crippen LogP contribution < -0.4 is 21.2 Å². The van der Waals surface area contributed by atoms with Gasteiger partial charge in [0.25, 0.3) is 0 Å². The lowest BCUT2D eigenvalue weighted by atomic mass is 9.77. The van der Waals surface area contributed by atoms with E-state index >= 15 is 0 Å². The maximum atomic E-state index is 2.61. The zero-order valence-corrected chi connectivity index (χ0v) is 25.1. The summed E-state index contributed by atoms with van der Waals surface area (Å²) < 4.78 is 0. The molecule has 4 aromatic carbocycles. The molecule has 0 radical (unpaired) electrons. The fourth-order valence-corrected chi connectivity index (χ4v) is 13.5. The predicted molar refractivity (Wildman–Crippen MR) is 174 cm³/mol. The van der Waals surface area contributed by atoms with Crippen molar-refractivity contribution in [3.05, 3.63) is 121 Å². The molecule has 4 unspecified atom stereocenters. The van der Waals surface area contributed by atoms with Crippen LogP contribution in [-0.2, 0) is 0 Å². The molecule has 0 nitrogen and oxygen atoms in total. The van der Waals surface area contributed by atoms with Gasteiger partial charge in [-0.2, -0.15) is 0 Å². The van der Waals surface area contributed by atoms with Gasteiger partial charge in [0.1, 0.15) is 0 Å². The van der Waals surface area contributed by atoms with Crippen molar-refractivity contribution in [1.29, 1.82) is 0 Å². The second kappa shape index (κ2) is 12.9. The monoisotopic (exact) mass is 548 g/mol. The average molecular weight is 549 g/mol. The van der Waals surface area contributed by atoms with Crippen molar-refractivity contribution in [2.45, 2.75) is 51.1 Å². The molecule has 0 N–H and O–H groups in total. The van der Waals surface area contributed by atoms with Crippen LogP contribution >= 0.6 is 15.8 Å². The lowest BCUT2D eigenvalue weighted by molar-refractivity contribution is 0.220. The van der Waals surface area contributed by atoms with Gasteiger partial charge in [-0.3, -0.25) is 0 Å². The normalized spacial score (nSPS) is 23.9. The number of hydrogen-bond donors (Lipinski definition) is 0. The smallest absolute Gasteiger partial charge is 0.0126 e. The zero-order valence-electron chi connectivity index (χ0n) is 23.3. The number of benzene rings is 4. The van der Waals surface area contributed by atoms with E-state index in [4.69, 9.17) is 0 Å². The van der Waals surface area contributed by atoms with Crippen molar-refractivity contribution in [2.24, 2.45) is 23.7 Å². The number of rotatable bonds is 9. The van der Waals surface area contributed by atoms with Gasteiger partial charge in [0.2, 0.25) is 0 Å². The summed E-state index contributed by atoms with van der Waals surface area (Å²) in [6.07, 6.45) is 9.93. The third-order valence-electron chi connectivity index (χ3n) is 9.54. The van der Waals surface area contributed by atoms with E-state index in [2.05, 4.69) is 128 Å². The first kappa shape index (κ1) is 26.9. The summed E-state index contributed by atoms with van der Waals surface area (Å²) in [4.78, 5) is 0. The lowest BCUT2D eigenvalue weighted by Crippen LogP contribution is -2.33. The van der Waals surface area contributed by atoms with Crippen LogP contribution in [0.25, 0.3) is 0 Å². The van der Waals surface area contributed by atoms with Crippen LogP contribution in [0.3, 0.4) is 0 Å². The highest BCUT2D eigenvalue weighted by atomic mass is 31.1. The molecule has 0 aromatic heterocycles. The van der Waals surface area contributed by atoms with Crippen molar-refractivity contribution >= 4 is 37.1 Å². The van der Waals surface area contributed by atoms with Gasteiger partial charge in [0, 0.05) is 0 Å². The van der Waals surface area contributed by atoms with Crippen molar-refractivity contribution in [3.63, 3.8) is 0 Å². The first-order chi connectivity index (χ1) is 19.3. The van der Waals surface area contributed by atoms with Crippen LogP contribution in [-0.4, -0.2) is 11.8 Å². The fourth-order valence-electron chi connectivity index (χ4n) is 7.80. The summed E-state index contributed by atoms with van der Waals surface area (Å²) in [7, 11) is -0.676. The average Bonchev–Trinajstić information content (AvgIpc) is 3.68. The molecule has 0 spiro atoms. The topological polar surface area (TPSA) is 0 Å². The highest BCUT2D eigenvalue weighted by molar-refractivity contribution is 7.73. The van der Waals surface area contributed by atoms with Gasteiger partial charge in [-0.15, -0.1) is 0 Å². The molecule has 5 atom stereocenters. The molecule has 0 saturated heterocycles. The Morgan fingerprint density at radius 3 is 1.49 bits per heavy atom. The van der Waals surface area contributed by atoms with Crippen LogP contribution in [0.1, 0.15) is 45.4 Å². The molecular formula is C37H42P2. The molecule has 2 aliphatic carbocycles. The van der Waals surface area contributed by atoms with Crippen LogP contribution in [0.2, 0.25) is 0 Å². The van der Waals surface area contributed by atoms with Gasteiger partial charge in [-0.1, -0.05) is 141 Å². The molecule has 200 valence electrons. The van der Waals surface area contributed by atoms with E-state index < -0.39 is 0 Å². The summed E-state index contributed by atoms with van der Waals surface area (Å²) in [6, 6.07) is 45.7. The Hall–Kier alpha value is -2.26. The first-order valence-electron chi connectivity index (χ1n) is 15.1. The second-order valence-electron chi connectivity index (χ2n) is 11.7. The molecule has 0 heterocycles. The molecule has 2 fully saturated rings. The first-order valence-corrected chi connectivity index (χ1v) is 18.0. The minimum absolute atomic E-state index is 0.313. The van der Waals surface area contributed by atoms with Gasteiger partial charge < -0.3 is 0 Å². The van der Waals surface area contributed by atoms with Crippen molar-refractivity contribution in [2.75, 3.05) is 6.16 Å². The molecule has 4 aromatic rings. The maximum absolute atomic E-state index is 2.61. The third-order valence-corrected chi connectivity index (χ3v) is 15.1. The van der Waals surface area contributed by atoms with E-state index in [0.29, 0.717) is 5.66 Å². The highest BCUT2D eigenvalue weighted by Gasteiger charge is 2.44. The van der Waals surface area contributed by atoms with Gasteiger partial charge in [-0.05, 0) is 98.2 Å². The minimum atomic E-state index is -0.363. The van der Waals surface area contributed by atoms with E-state index in [1.807, 2.05) is 0 Å². The largest absolute Gasteiger partial charge is 0.0622 e. The van der Waals surface area contributed by atoms with E-state index in [1.54, 1.807) is 21.2 Å². The van der Waals surface area contributed by atoms with Crippen LogP contribution in [0.4, 0.5) is 0 Å². The minimum Gasteiger partial charge on any atom is -0.0622 e. The Morgan fingerprint density at radius 1 is 0.538 bits per heavy atom. The van der Waals surface area contributed by atoms with E-state index in [9.17, 15) is 0 Å². The molecular weight excluding hydrogens is 506 g/mol. The van der Waals surface area contributed by atoms with E-state index in [0.717, 1.165) is 23.7 Å². The van der Waals surface area contributed by atoms with E-state index in [1.165, 1.54) is 44.7 Å². The van der Waals surface area contributed by atoms with Gasteiger partial charge in [0.05, 0.1) is 0 Å². The molecule has 39 heavy (non-hydrogen) atoms. The summed E-state index contributed by atoms with van der Waals surface area (Å²) in [6.45, 7) is 2.61. The number of hydrogen-bond acceptors (Lipinski definition) is 0. The van der Waals surface area contributed by atoms with Crippen LogP contribution in [0, 0.1) is 23.7 Å². The standard InChI is InChI=1S/C37H42P2/c1-29(39(33-21-10-4-11-22-33)34-23-12-5-13-24-34)35-25-15-27-37(35)36-26-14-16-30(36)28-38(31-17-6-2-7-18-31)32-19-8-3-9-20-32/h2-13,17-24,29-30,35-37H,14-16,25-28H2,1H3/t29-,30?,35?,36?,37?/m0/s1. The fraction of sp³-hybridized carbons (Fsp3) is 0.351. The SMILES string of the molecule is C[C@@H](C1CCCC1C1CCCC1CP(c1ccccc1)c1ccccc1)P(c1ccccc1)c1ccccc1. The Kier molecular flexibility index (Phi) is 8.94. The second-order valence-corrected chi connectivity index (χ2v) is 16.5. The highest BCUT2D eigenvalue weighted by Crippen LogP contribution is 2.55. The maximum Gasteiger partial charge on any atom is -0.0126 e. The molecule has 0 amide bonds. The molecule has 6 rings (SSSR count). The van der Waals surface area contributed by atoms with Gasteiger partial charge in [0.15, 0.2) is 0 Å². The van der Waals surface area contributed by atoms with E-state index in [-0.39, 0.29) is 15.8 Å². The van der Waals surface area contributed by atoms with Crippen molar-refractivity contribution in [3.8, 4) is 0 Å². The molecule has 0 aliphatic heterocycles. The van der Waals surface area contributed by atoms with Crippen LogP contribution in [0.15, 0.2) is 121 Å². The Morgan fingerprint density at radius 2 is 0.974 bits per heavy atom. The Labute approximate surface area is 238 Å². The lowest BCUT2D eigenvalue weighted by Gasteiger charge is -2.38. The van der Waals surface area contributed by atoms with Gasteiger partial charge >= 0.3 is 0 Å². The molecule has 0 bridgehead atoms. The summed E-state index contributed by atoms with van der Waals surface area (Å²) in [5, 5.41) is 6.21. The molecule has 2 heteroatoms.